The Balaban J connectivity index is 1.48. The van der Waals surface area contributed by atoms with Gasteiger partial charge < -0.3 is 20.1 Å². The molecule has 1 saturated carbocycles. The Kier molecular flexibility index (Phi) is 6.83. The molecule has 0 spiro atoms. The lowest BCUT2D eigenvalue weighted by atomic mass is 10.2. The van der Waals surface area contributed by atoms with Crippen LogP contribution in [0.5, 0.6) is 11.5 Å². The first-order chi connectivity index (χ1) is 13.1. The molecule has 2 N–H and O–H groups in total. The maximum atomic E-state index is 5.38. The van der Waals surface area contributed by atoms with Gasteiger partial charge in [-0.05, 0) is 42.9 Å². The van der Waals surface area contributed by atoms with Crippen LogP contribution in [0.15, 0.2) is 23.2 Å². The highest BCUT2D eigenvalue weighted by molar-refractivity contribution is 5.80. The number of guanidine groups is 1. The first-order valence-corrected chi connectivity index (χ1v) is 10.1. The number of benzene rings is 1. The SMILES string of the molecule is CCCC1CC1NC(=NC)NC1CCN(Cc2cc(OC)cc(OC)c2)C1. The van der Waals surface area contributed by atoms with E-state index in [1.165, 1.54) is 24.8 Å². The summed E-state index contributed by atoms with van der Waals surface area (Å²) in [7, 11) is 5.25. The quantitative estimate of drug-likeness (QED) is 0.541. The van der Waals surface area contributed by atoms with Crippen molar-refractivity contribution >= 4 is 5.96 Å². The molecule has 6 heteroatoms. The van der Waals surface area contributed by atoms with Gasteiger partial charge in [0.2, 0.25) is 0 Å². The summed E-state index contributed by atoms with van der Waals surface area (Å²) in [6, 6.07) is 7.14. The van der Waals surface area contributed by atoms with E-state index in [4.69, 9.17) is 9.47 Å². The van der Waals surface area contributed by atoms with Crippen LogP contribution in [0.25, 0.3) is 0 Å². The van der Waals surface area contributed by atoms with Crippen LogP contribution in [0.1, 0.15) is 38.2 Å². The van der Waals surface area contributed by atoms with E-state index in [9.17, 15) is 0 Å². The molecule has 0 aromatic heterocycles. The topological polar surface area (TPSA) is 58.1 Å². The zero-order chi connectivity index (χ0) is 19.2. The van der Waals surface area contributed by atoms with Crippen molar-refractivity contribution in [3.05, 3.63) is 23.8 Å². The van der Waals surface area contributed by atoms with E-state index in [0.29, 0.717) is 12.1 Å². The van der Waals surface area contributed by atoms with Crippen LogP contribution in [0, 0.1) is 5.92 Å². The van der Waals surface area contributed by atoms with Crippen molar-refractivity contribution in [2.45, 2.75) is 51.2 Å². The second kappa shape index (κ2) is 9.31. The summed E-state index contributed by atoms with van der Waals surface area (Å²) in [5, 5.41) is 7.19. The summed E-state index contributed by atoms with van der Waals surface area (Å²) in [5.41, 5.74) is 1.22. The molecule has 6 nitrogen and oxygen atoms in total. The van der Waals surface area contributed by atoms with E-state index in [1.807, 2.05) is 13.1 Å². The highest BCUT2D eigenvalue weighted by atomic mass is 16.5. The summed E-state index contributed by atoms with van der Waals surface area (Å²) in [4.78, 5) is 6.89. The van der Waals surface area contributed by atoms with E-state index in [1.54, 1.807) is 14.2 Å². The average molecular weight is 375 g/mol. The van der Waals surface area contributed by atoms with Crippen molar-refractivity contribution in [1.29, 1.82) is 0 Å². The van der Waals surface area contributed by atoms with Gasteiger partial charge in [-0.1, -0.05) is 13.3 Å². The Hall–Kier alpha value is -1.95. The molecular formula is C21H34N4O2. The van der Waals surface area contributed by atoms with Gasteiger partial charge in [-0.3, -0.25) is 9.89 Å². The molecule has 0 bridgehead atoms. The van der Waals surface area contributed by atoms with Crippen molar-refractivity contribution in [3.63, 3.8) is 0 Å². The first-order valence-electron chi connectivity index (χ1n) is 10.1. The summed E-state index contributed by atoms with van der Waals surface area (Å²) in [6.07, 6.45) is 4.99. The fraction of sp³-hybridized carbons (Fsp3) is 0.667. The fourth-order valence-corrected chi connectivity index (χ4v) is 3.96. The van der Waals surface area contributed by atoms with Crippen molar-refractivity contribution < 1.29 is 9.47 Å². The number of ether oxygens (including phenoxy) is 2. The van der Waals surface area contributed by atoms with Gasteiger partial charge in [-0.15, -0.1) is 0 Å². The monoisotopic (exact) mass is 374 g/mol. The summed E-state index contributed by atoms with van der Waals surface area (Å²) in [5.74, 6) is 3.47. The van der Waals surface area contributed by atoms with Crippen LogP contribution in [-0.4, -0.2) is 57.3 Å². The second-order valence-electron chi connectivity index (χ2n) is 7.69. The molecule has 3 unspecified atom stereocenters. The summed E-state index contributed by atoms with van der Waals surface area (Å²) < 4.78 is 10.8. The van der Waals surface area contributed by atoms with Crippen molar-refractivity contribution in [2.24, 2.45) is 10.9 Å². The molecule has 1 saturated heterocycles. The third-order valence-electron chi connectivity index (χ3n) is 5.56. The number of rotatable bonds is 8. The summed E-state index contributed by atoms with van der Waals surface area (Å²) in [6.45, 7) is 5.26. The van der Waals surface area contributed by atoms with Crippen LogP contribution >= 0.6 is 0 Å². The number of nitrogens with zero attached hydrogens (tertiary/aromatic N) is 2. The number of aliphatic imine (C=N–C) groups is 1. The Labute approximate surface area is 163 Å². The summed E-state index contributed by atoms with van der Waals surface area (Å²) >= 11 is 0. The van der Waals surface area contributed by atoms with Gasteiger partial charge in [-0.2, -0.15) is 0 Å². The molecule has 2 aliphatic rings. The van der Waals surface area contributed by atoms with Crippen LogP contribution in [0.4, 0.5) is 0 Å². The van der Waals surface area contributed by atoms with Gasteiger partial charge in [-0.25, -0.2) is 0 Å². The maximum absolute atomic E-state index is 5.38. The molecule has 2 fully saturated rings. The molecule has 1 aliphatic heterocycles. The van der Waals surface area contributed by atoms with Crippen molar-refractivity contribution in [2.75, 3.05) is 34.4 Å². The average Bonchev–Trinajstić information content (AvgIpc) is 3.26. The van der Waals surface area contributed by atoms with Gasteiger partial charge >= 0.3 is 0 Å². The smallest absolute Gasteiger partial charge is 0.191 e. The molecule has 3 rings (SSSR count). The van der Waals surface area contributed by atoms with Gasteiger partial charge in [0, 0.05) is 44.8 Å². The van der Waals surface area contributed by atoms with Crippen molar-refractivity contribution in [3.8, 4) is 11.5 Å². The number of likely N-dealkylation sites (tertiary alicyclic amines) is 1. The minimum absolute atomic E-state index is 0.437. The van der Waals surface area contributed by atoms with E-state index >= 15 is 0 Å². The predicted octanol–water partition coefficient (Wildman–Crippen LogP) is 2.63. The number of hydrogen-bond acceptors (Lipinski definition) is 4. The largest absolute Gasteiger partial charge is 0.497 e. The highest BCUT2D eigenvalue weighted by Gasteiger charge is 2.37. The van der Waals surface area contributed by atoms with Gasteiger partial charge in [0.05, 0.1) is 14.2 Å². The lowest BCUT2D eigenvalue weighted by Gasteiger charge is -2.19. The van der Waals surface area contributed by atoms with E-state index < -0.39 is 0 Å². The Morgan fingerprint density at radius 2 is 1.93 bits per heavy atom. The van der Waals surface area contributed by atoms with Gasteiger partial charge in [0.1, 0.15) is 11.5 Å². The molecule has 1 aromatic rings. The van der Waals surface area contributed by atoms with Crippen LogP contribution in [0.3, 0.4) is 0 Å². The second-order valence-corrected chi connectivity index (χ2v) is 7.69. The molecule has 27 heavy (non-hydrogen) atoms. The molecule has 1 aliphatic carbocycles. The molecular weight excluding hydrogens is 340 g/mol. The number of methoxy groups -OCH3 is 2. The van der Waals surface area contributed by atoms with E-state index in [-0.39, 0.29) is 0 Å². The Morgan fingerprint density at radius 3 is 2.56 bits per heavy atom. The minimum Gasteiger partial charge on any atom is -0.497 e. The number of hydrogen-bond donors (Lipinski definition) is 2. The first kappa shape index (κ1) is 19.8. The standard InChI is InChI=1S/C21H34N4O2/c1-5-6-16-11-20(16)24-21(22-2)23-17-7-8-25(14-17)13-15-9-18(26-3)12-19(10-15)27-4/h9-10,12,16-17,20H,5-8,11,13-14H2,1-4H3,(H2,22,23,24). The molecule has 1 aromatic carbocycles. The Morgan fingerprint density at radius 1 is 1.19 bits per heavy atom. The number of nitrogens with one attached hydrogen (secondary N) is 2. The minimum atomic E-state index is 0.437. The fourth-order valence-electron chi connectivity index (χ4n) is 3.96. The maximum Gasteiger partial charge on any atom is 0.191 e. The Bertz CT molecular complexity index is 627. The van der Waals surface area contributed by atoms with Gasteiger partial charge in [0.15, 0.2) is 5.96 Å². The molecule has 3 atom stereocenters. The highest BCUT2D eigenvalue weighted by Crippen LogP contribution is 2.34. The zero-order valence-corrected chi connectivity index (χ0v) is 17.1. The van der Waals surface area contributed by atoms with Crippen molar-refractivity contribution in [1.82, 2.24) is 15.5 Å². The molecule has 150 valence electrons. The predicted molar refractivity (Wildman–Crippen MR) is 110 cm³/mol. The molecule has 0 radical (unpaired) electrons. The molecule has 0 amide bonds. The normalized spacial score (nSPS) is 25.3. The van der Waals surface area contributed by atoms with Crippen LogP contribution in [0.2, 0.25) is 0 Å². The third kappa shape index (κ3) is 5.51. The van der Waals surface area contributed by atoms with Crippen LogP contribution in [-0.2, 0) is 6.54 Å². The lowest BCUT2D eigenvalue weighted by Crippen LogP contribution is -2.45. The third-order valence-corrected chi connectivity index (χ3v) is 5.56. The lowest BCUT2D eigenvalue weighted by molar-refractivity contribution is 0.321. The van der Waals surface area contributed by atoms with E-state index in [2.05, 4.69) is 39.6 Å². The van der Waals surface area contributed by atoms with Crippen LogP contribution < -0.4 is 20.1 Å². The zero-order valence-electron chi connectivity index (χ0n) is 17.1. The molecule has 1 heterocycles. The van der Waals surface area contributed by atoms with E-state index in [0.717, 1.165) is 49.4 Å². The van der Waals surface area contributed by atoms with Gasteiger partial charge in [0.25, 0.3) is 0 Å².